The molecule has 1 amide bonds. The average Bonchev–Trinajstić information content (AvgIpc) is 2.98. The number of carbonyl (C=O) groups excluding carboxylic acids is 2. The van der Waals surface area contributed by atoms with Crippen molar-refractivity contribution in [2.24, 2.45) is 0 Å². The summed E-state index contributed by atoms with van der Waals surface area (Å²) in [5.74, 6) is -0.770. The second-order valence-corrected chi connectivity index (χ2v) is 8.52. The van der Waals surface area contributed by atoms with Gasteiger partial charge in [-0.05, 0) is 41.8 Å². The minimum Gasteiger partial charge on any atom is -0.375 e. The molecule has 0 saturated heterocycles. The van der Waals surface area contributed by atoms with Crippen LogP contribution in [0.3, 0.4) is 0 Å². The fraction of sp³-hybridized carbons (Fsp3) is 0.154. The molecule has 0 radical (unpaired) electrons. The minimum atomic E-state index is -1.88. The van der Waals surface area contributed by atoms with Crippen molar-refractivity contribution in [3.8, 4) is 0 Å². The summed E-state index contributed by atoms with van der Waals surface area (Å²) in [6, 6.07) is 24.7. The number of rotatable bonds is 7. The first-order valence-electron chi connectivity index (χ1n) is 10.1. The predicted molar refractivity (Wildman–Crippen MR) is 126 cm³/mol. The lowest BCUT2D eigenvalue weighted by molar-refractivity contribution is -0.140. The number of nitrogens with zero attached hydrogens (tertiary/aromatic N) is 1. The van der Waals surface area contributed by atoms with E-state index in [-0.39, 0.29) is 12.2 Å². The molecule has 1 atom stereocenters. The molecule has 156 valence electrons. The fourth-order valence-corrected chi connectivity index (χ4v) is 4.23. The number of amides is 1. The maximum absolute atomic E-state index is 13.3. The lowest BCUT2D eigenvalue weighted by atomic mass is 9.89. The number of halogens is 1. The minimum absolute atomic E-state index is 0.305. The Morgan fingerprint density at radius 1 is 1.00 bits per heavy atom. The summed E-state index contributed by atoms with van der Waals surface area (Å²) in [5.41, 5.74) is 1.21. The molecular formula is C26H22BrNO3. The van der Waals surface area contributed by atoms with E-state index >= 15 is 0 Å². The van der Waals surface area contributed by atoms with Gasteiger partial charge in [0, 0.05) is 16.6 Å². The standard InChI is InChI=1S/C26H22BrNO3/c27-21-12-14-24-23(17-21)26(31,18-22(29)13-11-19-7-3-1-4-8-19)25(30)28(24)16-15-20-9-5-2-6-10-20/h1-14,17,31H,15-16,18H2. The summed E-state index contributed by atoms with van der Waals surface area (Å²) >= 11 is 3.42. The zero-order valence-electron chi connectivity index (χ0n) is 16.9. The van der Waals surface area contributed by atoms with Crippen molar-refractivity contribution >= 4 is 39.4 Å². The summed E-state index contributed by atoms with van der Waals surface area (Å²) in [7, 11) is 0. The number of aliphatic hydroxyl groups is 1. The van der Waals surface area contributed by atoms with Gasteiger partial charge in [-0.1, -0.05) is 82.7 Å². The van der Waals surface area contributed by atoms with Crippen LogP contribution in [0.15, 0.2) is 89.4 Å². The number of hydrogen-bond acceptors (Lipinski definition) is 3. The molecule has 1 heterocycles. The molecular weight excluding hydrogens is 454 g/mol. The average molecular weight is 476 g/mol. The molecule has 1 N–H and O–H groups in total. The third kappa shape index (κ3) is 4.53. The van der Waals surface area contributed by atoms with Crippen molar-refractivity contribution < 1.29 is 14.7 Å². The Bertz CT molecular complexity index is 1130. The number of hydrogen-bond donors (Lipinski definition) is 1. The van der Waals surface area contributed by atoms with Crippen LogP contribution in [0.4, 0.5) is 5.69 Å². The molecule has 0 fully saturated rings. The maximum atomic E-state index is 13.3. The summed E-state index contributed by atoms with van der Waals surface area (Å²) < 4.78 is 0.745. The second-order valence-electron chi connectivity index (χ2n) is 7.60. The fourth-order valence-electron chi connectivity index (χ4n) is 3.87. The lowest BCUT2D eigenvalue weighted by Crippen LogP contribution is -2.42. The van der Waals surface area contributed by atoms with Crippen LogP contribution in [-0.2, 0) is 21.6 Å². The third-order valence-electron chi connectivity index (χ3n) is 5.45. The van der Waals surface area contributed by atoms with Crippen LogP contribution in [-0.4, -0.2) is 23.3 Å². The van der Waals surface area contributed by atoms with E-state index in [0.717, 1.165) is 15.6 Å². The van der Waals surface area contributed by atoms with Gasteiger partial charge in [0.05, 0.1) is 12.1 Å². The molecule has 0 spiro atoms. The van der Waals surface area contributed by atoms with Crippen LogP contribution in [0.25, 0.3) is 6.08 Å². The van der Waals surface area contributed by atoms with Crippen molar-refractivity contribution in [3.05, 3.63) is 106 Å². The number of allylic oxidation sites excluding steroid dienone is 1. The normalized spacial score (nSPS) is 17.9. The van der Waals surface area contributed by atoms with Crippen molar-refractivity contribution in [1.29, 1.82) is 0 Å². The molecule has 0 aromatic heterocycles. The first-order valence-corrected chi connectivity index (χ1v) is 10.9. The van der Waals surface area contributed by atoms with Crippen LogP contribution in [0, 0.1) is 0 Å². The van der Waals surface area contributed by atoms with Crippen molar-refractivity contribution in [3.63, 3.8) is 0 Å². The van der Waals surface area contributed by atoms with E-state index in [2.05, 4.69) is 15.9 Å². The zero-order valence-corrected chi connectivity index (χ0v) is 18.5. The van der Waals surface area contributed by atoms with Gasteiger partial charge in [-0.15, -0.1) is 0 Å². The van der Waals surface area contributed by atoms with E-state index in [0.29, 0.717) is 24.2 Å². The van der Waals surface area contributed by atoms with Gasteiger partial charge in [0.2, 0.25) is 0 Å². The molecule has 1 aliphatic rings. The van der Waals surface area contributed by atoms with E-state index in [9.17, 15) is 14.7 Å². The van der Waals surface area contributed by atoms with Gasteiger partial charge in [0.25, 0.3) is 5.91 Å². The number of benzene rings is 3. The van der Waals surface area contributed by atoms with Gasteiger partial charge in [-0.2, -0.15) is 0 Å². The maximum Gasteiger partial charge on any atom is 0.264 e. The Balaban J connectivity index is 1.58. The van der Waals surface area contributed by atoms with Gasteiger partial charge in [-0.3, -0.25) is 9.59 Å². The van der Waals surface area contributed by atoms with Crippen LogP contribution >= 0.6 is 15.9 Å². The lowest BCUT2D eigenvalue weighted by Gasteiger charge is -2.22. The largest absolute Gasteiger partial charge is 0.375 e. The Morgan fingerprint density at radius 2 is 1.68 bits per heavy atom. The number of fused-ring (bicyclic) bond motifs is 1. The quantitative estimate of drug-likeness (QED) is 0.494. The van der Waals surface area contributed by atoms with Gasteiger partial charge in [0.15, 0.2) is 11.4 Å². The molecule has 0 bridgehead atoms. The van der Waals surface area contributed by atoms with Gasteiger partial charge in [0.1, 0.15) is 0 Å². The van der Waals surface area contributed by atoms with Crippen molar-refractivity contribution in [2.75, 3.05) is 11.4 Å². The highest BCUT2D eigenvalue weighted by Crippen LogP contribution is 2.43. The Kier molecular flexibility index (Phi) is 6.16. The Morgan fingerprint density at radius 3 is 2.39 bits per heavy atom. The first kappa shape index (κ1) is 21.2. The predicted octanol–water partition coefficient (Wildman–Crippen LogP) is 4.90. The molecule has 31 heavy (non-hydrogen) atoms. The summed E-state index contributed by atoms with van der Waals surface area (Å²) in [6.45, 7) is 0.424. The van der Waals surface area contributed by atoms with Crippen LogP contribution in [0.5, 0.6) is 0 Å². The molecule has 1 unspecified atom stereocenters. The van der Waals surface area contributed by atoms with E-state index in [4.69, 9.17) is 0 Å². The van der Waals surface area contributed by atoms with E-state index in [1.54, 1.807) is 17.0 Å². The highest BCUT2D eigenvalue weighted by molar-refractivity contribution is 9.10. The summed E-state index contributed by atoms with van der Waals surface area (Å²) in [6.07, 6.45) is 3.46. The molecule has 4 nitrogen and oxygen atoms in total. The molecule has 5 heteroatoms. The van der Waals surface area contributed by atoms with E-state index < -0.39 is 11.5 Å². The highest BCUT2D eigenvalue weighted by atomic mass is 79.9. The van der Waals surface area contributed by atoms with E-state index in [1.165, 1.54) is 6.08 Å². The molecule has 4 rings (SSSR count). The third-order valence-corrected chi connectivity index (χ3v) is 5.95. The second kappa shape index (κ2) is 9.00. The Labute approximate surface area is 190 Å². The van der Waals surface area contributed by atoms with Gasteiger partial charge >= 0.3 is 0 Å². The summed E-state index contributed by atoms with van der Waals surface area (Å²) in [5, 5.41) is 11.4. The number of carbonyl (C=O) groups is 2. The smallest absolute Gasteiger partial charge is 0.264 e. The molecule has 1 aliphatic heterocycles. The molecule has 3 aromatic carbocycles. The molecule has 3 aromatic rings. The van der Waals surface area contributed by atoms with Crippen molar-refractivity contribution in [2.45, 2.75) is 18.4 Å². The molecule has 0 aliphatic carbocycles. The number of ketones is 1. The van der Waals surface area contributed by atoms with Gasteiger partial charge in [-0.25, -0.2) is 0 Å². The van der Waals surface area contributed by atoms with Crippen LogP contribution < -0.4 is 4.90 Å². The van der Waals surface area contributed by atoms with Crippen LogP contribution in [0.1, 0.15) is 23.1 Å². The number of anilines is 1. The Hall–Kier alpha value is -3.02. The monoisotopic (exact) mass is 475 g/mol. The highest BCUT2D eigenvalue weighted by Gasteiger charge is 2.50. The van der Waals surface area contributed by atoms with E-state index in [1.807, 2.05) is 72.8 Å². The SMILES string of the molecule is O=C(C=Cc1ccccc1)CC1(O)C(=O)N(CCc2ccccc2)c2ccc(Br)cc21. The van der Waals surface area contributed by atoms with Crippen LogP contribution in [0.2, 0.25) is 0 Å². The molecule has 0 saturated carbocycles. The topological polar surface area (TPSA) is 57.6 Å². The van der Waals surface area contributed by atoms with Gasteiger partial charge < -0.3 is 10.0 Å². The first-order chi connectivity index (χ1) is 15.0. The van der Waals surface area contributed by atoms with Crippen molar-refractivity contribution in [1.82, 2.24) is 0 Å². The summed E-state index contributed by atoms with van der Waals surface area (Å²) in [4.78, 5) is 27.6. The zero-order chi connectivity index (χ0) is 21.8.